The van der Waals surface area contributed by atoms with E-state index in [-0.39, 0.29) is 0 Å². The first-order chi connectivity index (χ1) is 27.1. The van der Waals surface area contributed by atoms with E-state index in [1.165, 1.54) is 90.6 Å². The molecule has 0 aliphatic heterocycles. The number of aromatic nitrogens is 1. The summed E-state index contributed by atoms with van der Waals surface area (Å²) in [4.78, 5) is 0. The second kappa shape index (κ2) is 13.0. The summed E-state index contributed by atoms with van der Waals surface area (Å²) >= 11 is 1.85. The first-order valence-electron chi connectivity index (χ1n) is 18.8. The quantitative estimate of drug-likeness (QED) is 0.119. The Morgan fingerprint density at radius 1 is 0.655 bits per heavy atom. The zero-order valence-corrected chi connectivity index (χ0v) is 31.7. The molecule has 1 aliphatic rings. The molecule has 55 heavy (non-hydrogen) atoms. The van der Waals surface area contributed by atoms with Gasteiger partial charge in [0.2, 0.25) is 0 Å². The van der Waals surface area contributed by atoms with Gasteiger partial charge in [0.05, 0.1) is 11.2 Å². The van der Waals surface area contributed by atoms with E-state index in [4.69, 9.17) is 0 Å². The Hall–Kier alpha value is -6.70. The van der Waals surface area contributed by atoms with E-state index >= 15 is 0 Å². The van der Waals surface area contributed by atoms with E-state index in [0.29, 0.717) is 0 Å². The molecule has 2 aromatic heterocycles. The van der Waals surface area contributed by atoms with Crippen molar-refractivity contribution in [2.24, 2.45) is 0 Å². The van der Waals surface area contributed by atoms with Crippen LogP contribution in [-0.2, 0) is 0 Å². The highest BCUT2D eigenvalue weighted by Gasteiger charge is 2.20. The molecule has 260 valence electrons. The highest BCUT2D eigenvalue weighted by molar-refractivity contribution is 7.17. The van der Waals surface area contributed by atoms with Crippen molar-refractivity contribution < 1.29 is 0 Å². The topological polar surface area (TPSA) is 4.93 Å². The Balaban J connectivity index is 1.26. The zero-order valence-electron chi connectivity index (χ0n) is 30.9. The van der Waals surface area contributed by atoms with Gasteiger partial charge in [-0.25, -0.2) is 0 Å². The van der Waals surface area contributed by atoms with Gasteiger partial charge in [0.1, 0.15) is 0 Å². The molecule has 0 amide bonds. The highest BCUT2D eigenvalue weighted by atomic mass is 32.1. The van der Waals surface area contributed by atoms with Crippen LogP contribution in [0.3, 0.4) is 0 Å². The molecule has 1 aliphatic carbocycles. The summed E-state index contributed by atoms with van der Waals surface area (Å²) in [5.41, 5.74) is 12.7. The third-order valence-electron chi connectivity index (χ3n) is 11.2. The molecule has 0 saturated carbocycles. The van der Waals surface area contributed by atoms with E-state index in [1.807, 2.05) is 29.6 Å². The fraction of sp³-hybridized carbons (Fsp3) is 0.0377. The van der Waals surface area contributed by atoms with Gasteiger partial charge < -0.3 is 4.57 Å². The van der Waals surface area contributed by atoms with Crippen molar-refractivity contribution in [3.63, 3.8) is 0 Å². The average molecular weight is 720 g/mol. The molecule has 0 saturated heterocycles. The molecule has 0 atom stereocenters. The Morgan fingerprint density at radius 3 is 2.09 bits per heavy atom. The third kappa shape index (κ3) is 4.93. The van der Waals surface area contributed by atoms with Crippen LogP contribution >= 0.6 is 11.3 Å². The van der Waals surface area contributed by atoms with Gasteiger partial charge in [-0.05, 0) is 128 Å². The van der Waals surface area contributed by atoms with E-state index in [9.17, 15) is 0 Å². The molecule has 0 unspecified atom stereocenters. The van der Waals surface area contributed by atoms with Gasteiger partial charge in [-0.15, -0.1) is 17.1 Å². The lowest BCUT2D eigenvalue weighted by Crippen LogP contribution is -2.20. The number of benzene rings is 7. The standard InChI is InChI=1S/C53H37NS/c1-5-18-37-35(6-2)51-43-25-12-10-21-39(43)46-32-34(29-30-44(46)52(51)42-24-11-9-20-38(37)42)54-48(7-3)47(40-22-14-16-27-49(40)54)31-33(4)36-19-8-13-26-45-41-23-15-17-28-50(41)55-53(36)45/h5-7,9-32H,2-3H2,1,4H3/b18-5-,33-31+. The van der Waals surface area contributed by atoms with E-state index in [1.54, 1.807) is 0 Å². The minimum Gasteiger partial charge on any atom is -0.309 e. The summed E-state index contributed by atoms with van der Waals surface area (Å²) in [5, 5.41) is 13.6. The van der Waals surface area contributed by atoms with Crippen molar-refractivity contribution in [3.8, 4) is 5.69 Å². The van der Waals surface area contributed by atoms with Crippen LogP contribution in [0.5, 0.6) is 0 Å². The van der Waals surface area contributed by atoms with Gasteiger partial charge in [-0.3, -0.25) is 0 Å². The van der Waals surface area contributed by atoms with Crippen LogP contribution in [0.2, 0.25) is 0 Å². The molecule has 2 heteroatoms. The van der Waals surface area contributed by atoms with Gasteiger partial charge in [-0.2, -0.15) is 0 Å². The second-order valence-electron chi connectivity index (χ2n) is 14.2. The van der Waals surface area contributed by atoms with E-state index in [0.717, 1.165) is 22.5 Å². The van der Waals surface area contributed by atoms with Crippen molar-refractivity contribution in [2.75, 3.05) is 0 Å². The van der Waals surface area contributed by atoms with Crippen LogP contribution in [0.15, 0.2) is 158 Å². The fourth-order valence-corrected chi connectivity index (χ4v) is 10.2. The van der Waals surface area contributed by atoms with Gasteiger partial charge >= 0.3 is 0 Å². The maximum Gasteiger partial charge on any atom is 0.0541 e. The zero-order chi connectivity index (χ0) is 37.2. The Bertz CT molecular complexity index is 3400. The Kier molecular flexibility index (Phi) is 7.78. The number of allylic oxidation sites excluding steroid dienone is 3. The van der Waals surface area contributed by atoms with E-state index < -0.39 is 0 Å². The minimum absolute atomic E-state index is 1.07. The van der Waals surface area contributed by atoms with E-state index in [2.05, 4.69) is 183 Å². The van der Waals surface area contributed by atoms with Gasteiger partial charge in [0.15, 0.2) is 0 Å². The molecular formula is C53H37NS. The van der Waals surface area contributed by atoms with Crippen LogP contribution in [0.1, 0.15) is 36.2 Å². The number of nitrogens with zero attached hydrogens (tertiary/aromatic N) is 1. The lowest BCUT2D eigenvalue weighted by Gasteiger charge is -2.19. The molecule has 0 bridgehead atoms. The lowest BCUT2D eigenvalue weighted by molar-refractivity contribution is 1.11. The van der Waals surface area contributed by atoms with Crippen LogP contribution in [0.4, 0.5) is 0 Å². The van der Waals surface area contributed by atoms with Crippen molar-refractivity contribution in [1.29, 1.82) is 0 Å². The fourth-order valence-electron chi connectivity index (χ4n) is 8.91. The second-order valence-corrected chi connectivity index (χ2v) is 15.2. The first-order valence-corrected chi connectivity index (χ1v) is 19.6. The normalized spacial score (nSPS) is 13.1. The predicted octanol–water partition coefficient (Wildman–Crippen LogP) is 13.5. The van der Waals surface area contributed by atoms with Gasteiger partial charge in [0.25, 0.3) is 0 Å². The molecule has 0 radical (unpaired) electrons. The molecule has 10 rings (SSSR count). The first kappa shape index (κ1) is 32.9. The molecule has 0 fully saturated rings. The summed E-state index contributed by atoms with van der Waals surface area (Å²) < 4.78 is 4.96. The Morgan fingerprint density at radius 2 is 1.33 bits per heavy atom. The monoisotopic (exact) mass is 719 g/mol. The van der Waals surface area contributed by atoms with Crippen LogP contribution in [-0.4, -0.2) is 4.57 Å². The summed E-state index contributed by atoms with van der Waals surface area (Å²) in [6.07, 6.45) is 17.1. The molecule has 2 heterocycles. The smallest absolute Gasteiger partial charge is 0.0541 e. The summed E-state index contributed by atoms with van der Waals surface area (Å²) in [7, 11) is 0. The van der Waals surface area contributed by atoms with Gasteiger partial charge in [-0.1, -0.05) is 122 Å². The molecule has 0 N–H and O–H groups in total. The number of fused-ring (bicyclic) bond motifs is 12. The molecular weight excluding hydrogens is 683 g/mol. The number of hydrogen-bond acceptors (Lipinski definition) is 1. The molecule has 7 aromatic carbocycles. The maximum absolute atomic E-state index is 4.40. The van der Waals surface area contributed by atoms with Crippen molar-refractivity contribution >= 4 is 111 Å². The van der Waals surface area contributed by atoms with Crippen molar-refractivity contribution in [1.82, 2.24) is 4.57 Å². The number of thiophene rings is 1. The lowest BCUT2D eigenvalue weighted by atomic mass is 9.85. The van der Waals surface area contributed by atoms with Crippen LogP contribution < -0.4 is 9.75 Å². The Labute approximate surface area is 324 Å². The van der Waals surface area contributed by atoms with Crippen LogP contribution in [0.25, 0.3) is 106 Å². The van der Waals surface area contributed by atoms with Crippen molar-refractivity contribution in [3.05, 3.63) is 190 Å². The summed E-state index contributed by atoms with van der Waals surface area (Å²) in [6.45, 7) is 13.0. The van der Waals surface area contributed by atoms with Crippen LogP contribution in [0, 0.1) is 0 Å². The maximum atomic E-state index is 4.40. The summed E-state index contributed by atoms with van der Waals surface area (Å²) in [5.74, 6) is 0. The molecule has 0 spiro atoms. The highest BCUT2D eigenvalue weighted by Crippen LogP contribution is 2.44. The minimum atomic E-state index is 1.07. The molecule has 9 aromatic rings. The number of hydrogen-bond donors (Lipinski definition) is 0. The molecule has 1 nitrogen and oxygen atoms in total. The largest absolute Gasteiger partial charge is 0.309 e. The average Bonchev–Trinajstić information content (AvgIpc) is 3.66. The summed E-state index contributed by atoms with van der Waals surface area (Å²) in [6, 6.07) is 42.1. The van der Waals surface area contributed by atoms with Crippen molar-refractivity contribution in [2.45, 2.75) is 13.8 Å². The number of para-hydroxylation sites is 1. The SMILES string of the molecule is C=Cc1c(/C=C\C)c2ccccc2c2c3ccc(-n4c(C=C)c(/C=C(\C)C5=c6sc7ccccc7c6=CC=C=C5)c5ccccc54)cc3c3ccccc3c12. The predicted molar refractivity (Wildman–Crippen MR) is 243 cm³/mol. The third-order valence-corrected chi connectivity index (χ3v) is 12.5. The van der Waals surface area contributed by atoms with Gasteiger partial charge in [0, 0.05) is 42.0 Å². The number of rotatable bonds is 6.